The molecule has 0 bridgehead atoms. The van der Waals surface area contributed by atoms with Crippen LogP contribution >= 0.6 is 15.9 Å². The van der Waals surface area contributed by atoms with Crippen LogP contribution < -0.4 is 5.73 Å². The van der Waals surface area contributed by atoms with Crippen molar-refractivity contribution < 1.29 is 13.2 Å². The summed E-state index contributed by atoms with van der Waals surface area (Å²) in [4.78, 5) is 0. The highest BCUT2D eigenvalue weighted by Gasteiger charge is 2.33. The summed E-state index contributed by atoms with van der Waals surface area (Å²) in [6.45, 7) is 3.77. The average molecular weight is 342 g/mol. The van der Waals surface area contributed by atoms with E-state index in [-0.39, 0.29) is 11.1 Å². The number of nitrogens with two attached hydrogens (primary N) is 1. The Labute approximate surface area is 123 Å². The molecule has 2 rings (SSSR count). The third-order valence-corrected chi connectivity index (χ3v) is 3.63. The lowest BCUT2D eigenvalue weighted by Gasteiger charge is -2.16. The van der Waals surface area contributed by atoms with Gasteiger partial charge in [-0.3, -0.25) is 0 Å². The molecule has 0 amide bonds. The van der Waals surface area contributed by atoms with Crippen molar-refractivity contribution in [1.82, 2.24) is 0 Å². The summed E-state index contributed by atoms with van der Waals surface area (Å²) < 4.78 is 39.7. The highest BCUT2D eigenvalue weighted by Crippen LogP contribution is 2.38. The van der Waals surface area contributed by atoms with Crippen molar-refractivity contribution in [2.45, 2.75) is 6.18 Å². The van der Waals surface area contributed by atoms with Crippen LogP contribution in [0.15, 0.2) is 53.5 Å². The van der Waals surface area contributed by atoms with Crippen LogP contribution in [0.5, 0.6) is 0 Å². The maximum Gasteiger partial charge on any atom is 0.417 e. The maximum atomic E-state index is 13.0. The number of benzene rings is 2. The van der Waals surface area contributed by atoms with Crippen LogP contribution in [0.2, 0.25) is 0 Å². The van der Waals surface area contributed by atoms with Crippen molar-refractivity contribution in [3.8, 4) is 0 Å². The molecular weight excluding hydrogens is 331 g/mol. The molecule has 0 fully saturated rings. The SMILES string of the molecule is C=C(c1ccccc1C(F)(F)F)c1cccc(Br)c1N. The van der Waals surface area contributed by atoms with Gasteiger partial charge in [0.1, 0.15) is 0 Å². The predicted octanol–water partition coefficient (Wildman–Crippen LogP) is 5.11. The normalized spacial score (nSPS) is 11.4. The molecular formula is C15H11BrF3N. The lowest BCUT2D eigenvalue weighted by molar-refractivity contribution is -0.137. The zero-order valence-corrected chi connectivity index (χ0v) is 11.9. The zero-order valence-electron chi connectivity index (χ0n) is 10.3. The molecule has 0 spiro atoms. The van der Waals surface area contributed by atoms with Crippen LogP contribution in [0, 0.1) is 0 Å². The van der Waals surface area contributed by atoms with Gasteiger partial charge in [-0.15, -0.1) is 0 Å². The van der Waals surface area contributed by atoms with E-state index in [1.54, 1.807) is 24.3 Å². The van der Waals surface area contributed by atoms with E-state index >= 15 is 0 Å². The molecule has 2 N–H and O–H groups in total. The first-order valence-electron chi connectivity index (χ1n) is 5.72. The monoisotopic (exact) mass is 341 g/mol. The van der Waals surface area contributed by atoms with Gasteiger partial charge in [0, 0.05) is 10.0 Å². The molecule has 0 saturated carbocycles. The van der Waals surface area contributed by atoms with E-state index in [0.717, 1.165) is 6.07 Å². The van der Waals surface area contributed by atoms with Crippen molar-refractivity contribution in [2.75, 3.05) is 5.73 Å². The van der Waals surface area contributed by atoms with Gasteiger partial charge in [-0.1, -0.05) is 36.9 Å². The fraction of sp³-hybridized carbons (Fsp3) is 0.0667. The number of para-hydroxylation sites is 1. The molecule has 0 atom stereocenters. The highest BCUT2D eigenvalue weighted by molar-refractivity contribution is 9.10. The molecule has 0 radical (unpaired) electrons. The number of alkyl halides is 3. The first kappa shape index (κ1) is 14.7. The molecule has 0 unspecified atom stereocenters. The minimum atomic E-state index is -4.43. The molecule has 20 heavy (non-hydrogen) atoms. The Balaban J connectivity index is 2.58. The molecule has 0 aliphatic carbocycles. The van der Waals surface area contributed by atoms with Crippen LogP contribution in [0.4, 0.5) is 18.9 Å². The summed E-state index contributed by atoms with van der Waals surface area (Å²) in [5.74, 6) is 0. The lowest BCUT2D eigenvalue weighted by atomic mass is 9.94. The molecule has 2 aromatic carbocycles. The van der Waals surface area contributed by atoms with Crippen molar-refractivity contribution in [3.05, 3.63) is 70.2 Å². The molecule has 5 heteroatoms. The number of hydrogen-bond acceptors (Lipinski definition) is 1. The van der Waals surface area contributed by atoms with Crippen LogP contribution in [-0.2, 0) is 6.18 Å². The fourth-order valence-corrected chi connectivity index (χ4v) is 2.30. The lowest BCUT2D eigenvalue weighted by Crippen LogP contribution is -2.09. The Morgan fingerprint density at radius 2 is 1.60 bits per heavy atom. The Kier molecular flexibility index (Phi) is 3.90. The highest BCUT2D eigenvalue weighted by atomic mass is 79.9. The molecule has 1 nitrogen and oxygen atoms in total. The standard InChI is InChI=1S/C15H11BrF3N/c1-9(11-6-4-8-13(16)14(11)20)10-5-2-3-7-12(10)15(17,18)19/h2-8H,1,20H2. The van der Waals surface area contributed by atoms with Gasteiger partial charge in [0.2, 0.25) is 0 Å². The third kappa shape index (κ3) is 2.72. The summed E-state index contributed by atoms with van der Waals surface area (Å²) >= 11 is 3.26. The van der Waals surface area contributed by atoms with E-state index in [9.17, 15) is 13.2 Å². The van der Waals surface area contributed by atoms with E-state index in [1.807, 2.05) is 0 Å². The van der Waals surface area contributed by atoms with Gasteiger partial charge < -0.3 is 5.73 Å². The summed E-state index contributed by atoms with van der Waals surface area (Å²) in [6, 6.07) is 10.4. The third-order valence-electron chi connectivity index (χ3n) is 2.94. The molecule has 0 aliphatic rings. The van der Waals surface area contributed by atoms with E-state index in [2.05, 4.69) is 22.5 Å². The average Bonchev–Trinajstić information content (AvgIpc) is 2.40. The van der Waals surface area contributed by atoms with Crippen LogP contribution in [0.25, 0.3) is 5.57 Å². The number of anilines is 1. The van der Waals surface area contributed by atoms with Gasteiger partial charge in [0.05, 0.1) is 11.3 Å². The molecule has 0 heterocycles. The van der Waals surface area contributed by atoms with E-state index < -0.39 is 11.7 Å². The Morgan fingerprint density at radius 1 is 1.00 bits per heavy atom. The maximum absolute atomic E-state index is 13.0. The van der Waals surface area contributed by atoms with E-state index in [0.29, 0.717) is 15.7 Å². The Hall–Kier alpha value is -1.75. The quantitative estimate of drug-likeness (QED) is 0.754. The van der Waals surface area contributed by atoms with Gasteiger partial charge in [0.15, 0.2) is 0 Å². The molecule has 0 aromatic heterocycles. The molecule has 2 aromatic rings. The first-order chi connectivity index (χ1) is 9.32. The minimum Gasteiger partial charge on any atom is -0.397 e. The Morgan fingerprint density at radius 3 is 2.25 bits per heavy atom. The summed E-state index contributed by atoms with van der Waals surface area (Å²) in [6.07, 6.45) is -4.43. The number of rotatable bonds is 2. The minimum absolute atomic E-state index is 0.0322. The van der Waals surface area contributed by atoms with Crippen molar-refractivity contribution in [3.63, 3.8) is 0 Å². The molecule has 104 valence electrons. The number of hydrogen-bond donors (Lipinski definition) is 1. The zero-order chi connectivity index (χ0) is 14.9. The summed E-state index contributed by atoms with van der Waals surface area (Å²) in [5, 5.41) is 0. The van der Waals surface area contributed by atoms with E-state index in [1.165, 1.54) is 12.1 Å². The van der Waals surface area contributed by atoms with E-state index in [4.69, 9.17) is 5.73 Å². The Bertz CT molecular complexity index is 662. The number of halogens is 4. The fourth-order valence-electron chi connectivity index (χ4n) is 1.94. The second-order valence-electron chi connectivity index (χ2n) is 4.22. The largest absolute Gasteiger partial charge is 0.417 e. The molecule has 0 aliphatic heterocycles. The number of nitrogen functional groups attached to an aromatic ring is 1. The van der Waals surface area contributed by atoms with Gasteiger partial charge in [-0.05, 0) is 39.2 Å². The summed E-state index contributed by atoms with van der Waals surface area (Å²) in [5.41, 5.74) is 6.30. The van der Waals surface area contributed by atoms with Crippen molar-refractivity contribution in [1.29, 1.82) is 0 Å². The van der Waals surface area contributed by atoms with Gasteiger partial charge >= 0.3 is 6.18 Å². The van der Waals surface area contributed by atoms with Gasteiger partial charge in [0.25, 0.3) is 0 Å². The predicted molar refractivity (Wildman–Crippen MR) is 78.1 cm³/mol. The van der Waals surface area contributed by atoms with Gasteiger partial charge in [-0.2, -0.15) is 13.2 Å². The van der Waals surface area contributed by atoms with Crippen LogP contribution in [0.1, 0.15) is 16.7 Å². The van der Waals surface area contributed by atoms with Crippen molar-refractivity contribution in [2.24, 2.45) is 0 Å². The van der Waals surface area contributed by atoms with Crippen LogP contribution in [-0.4, -0.2) is 0 Å². The second-order valence-corrected chi connectivity index (χ2v) is 5.08. The van der Waals surface area contributed by atoms with Crippen molar-refractivity contribution >= 4 is 27.2 Å². The second kappa shape index (κ2) is 5.32. The van der Waals surface area contributed by atoms with Gasteiger partial charge in [-0.25, -0.2) is 0 Å². The summed E-state index contributed by atoms with van der Waals surface area (Å²) in [7, 11) is 0. The molecule has 0 saturated heterocycles. The first-order valence-corrected chi connectivity index (χ1v) is 6.51. The topological polar surface area (TPSA) is 26.0 Å². The smallest absolute Gasteiger partial charge is 0.397 e. The van der Waals surface area contributed by atoms with Crippen LogP contribution in [0.3, 0.4) is 0 Å².